The van der Waals surface area contributed by atoms with Gasteiger partial charge in [-0.15, -0.1) is 0 Å². The molecule has 4 nitrogen and oxygen atoms in total. The lowest BCUT2D eigenvalue weighted by Crippen LogP contribution is -2.39. The van der Waals surface area contributed by atoms with Gasteiger partial charge in [0, 0.05) is 19.4 Å². The molecule has 3 unspecified atom stereocenters. The van der Waals surface area contributed by atoms with Crippen LogP contribution in [0.3, 0.4) is 0 Å². The zero-order valence-corrected chi connectivity index (χ0v) is 15.3. The second kappa shape index (κ2) is 5.97. The Balaban J connectivity index is 1.72. The second-order valence-electron chi connectivity index (χ2n) is 7.32. The number of aromatic nitrogens is 2. The van der Waals surface area contributed by atoms with Gasteiger partial charge in [0.25, 0.3) is 0 Å². The van der Waals surface area contributed by atoms with Gasteiger partial charge in [0.05, 0.1) is 6.20 Å². The third-order valence-electron chi connectivity index (χ3n) is 6.06. The second-order valence-corrected chi connectivity index (χ2v) is 7.68. The highest BCUT2D eigenvalue weighted by Gasteiger charge is 2.60. The van der Waals surface area contributed by atoms with E-state index in [0.717, 1.165) is 36.8 Å². The average molecular weight is 365 g/mol. The molecule has 0 aromatic carbocycles. The van der Waals surface area contributed by atoms with E-state index in [9.17, 15) is 9.18 Å². The molecule has 1 fully saturated rings. The normalized spacial score (nSPS) is 30.5. The lowest BCUT2D eigenvalue weighted by atomic mass is 9.81. The number of halogens is 2. The number of hydrogen-bond acceptors (Lipinski definition) is 3. The summed E-state index contributed by atoms with van der Waals surface area (Å²) in [5, 5.41) is 4.31. The number of fused-ring (bicyclic) bond motifs is 4. The molecule has 1 heterocycles. The molecule has 3 aliphatic carbocycles. The summed E-state index contributed by atoms with van der Waals surface area (Å²) >= 11 is 6.17. The van der Waals surface area contributed by atoms with Gasteiger partial charge in [0.2, 0.25) is 0 Å². The van der Waals surface area contributed by atoms with Crippen LogP contribution < -0.4 is 0 Å². The fourth-order valence-corrected chi connectivity index (χ4v) is 5.22. The fraction of sp³-hybridized carbons (Fsp3) is 0.579. The minimum atomic E-state index is -0.594. The van der Waals surface area contributed by atoms with Crippen LogP contribution in [0, 0.1) is 11.8 Å². The summed E-state index contributed by atoms with van der Waals surface area (Å²) in [6, 6.07) is 0. The van der Waals surface area contributed by atoms with Gasteiger partial charge in [-0.05, 0) is 48.8 Å². The summed E-state index contributed by atoms with van der Waals surface area (Å²) in [5.41, 5.74) is 1.92. The van der Waals surface area contributed by atoms with Crippen molar-refractivity contribution in [2.24, 2.45) is 18.9 Å². The van der Waals surface area contributed by atoms with Crippen LogP contribution in [-0.2, 0) is 11.8 Å². The first-order valence-corrected chi connectivity index (χ1v) is 9.36. The summed E-state index contributed by atoms with van der Waals surface area (Å²) < 4.78 is 21.5. The Bertz CT molecular complexity index is 797. The van der Waals surface area contributed by atoms with Gasteiger partial charge in [0.15, 0.2) is 0 Å². The van der Waals surface area contributed by atoms with Crippen molar-refractivity contribution in [1.29, 1.82) is 0 Å². The molecule has 1 aromatic heterocycles. The summed E-state index contributed by atoms with van der Waals surface area (Å²) in [5.74, 6) is 0.0594. The molecule has 6 heteroatoms. The molecule has 1 aromatic rings. The summed E-state index contributed by atoms with van der Waals surface area (Å²) in [6.45, 7) is 2.14. The Kier molecular flexibility index (Phi) is 4.02. The monoisotopic (exact) mass is 364 g/mol. The van der Waals surface area contributed by atoms with Crippen molar-refractivity contribution < 1.29 is 13.9 Å². The number of hydrogen-bond donors (Lipinski definition) is 0. The SMILES string of the molecule is CCCC1C2CCC1(OC(=O)c1cnn(C)c1Cl)C1=C2C=C(F)CC1. The van der Waals surface area contributed by atoms with Gasteiger partial charge in [-0.25, -0.2) is 9.18 Å². The highest BCUT2D eigenvalue weighted by atomic mass is 35.5. The zero-order valence-electron chi connectivity index (χ0n) is 14.5. The first-order chi connectivity index (χ1) is 12.0. The molecule has 2 bridgehead atoms. The number of carbonyl (C=O) groups excluding carboxylic acids is 1. The average Bonchev–Trinajstić information content (AvgIpc) is 3.17. The predicted octanol–water partition coefficient (Wildman–Crippen LogP) is 4.75. The van der Waals surface area contributed by atoms with Crippen molar-refractivity contribution in [3.8, 4) is 0 Å². The Hall–Kier alpha value is -1.62. The molecule has 0 N–H and O–H groups in total. The number of allylic oxidation sites excluding steroid dienone is 3. The minimum Gasteiger partial charge on any atom is -0.450 e. The lowest BCUT2D eigenvalue weighted by molar-refractivity contribution is -0.0195. The van der Waals surface area contributed by atoms with Crippen molar-refractivity contribution in [1.82, 2.24) is 9.78 Å². The van der Waals surface area contributed by atoms with Gasteiger partial charge >= 0.3 is 5.97 Å². The molecular weight excluding hydrogens is 343 g/mol. The summed E-state index contributed by atoms with van der Waals surface area (Å²) in [6.07, 6.45) is 7.94. The van der Waals surface area contributed by atoms with Crippen molar-refractivity contribution in [2.75, 3.05) is 0 Å². The molecule has 0 amide bonds. The van der Waals surface area contributed by atoms with Gasteiger partial charge < -0.3 is 4.74 Å². The lowest BCUT2D eigenvalue weighted by Gasteiger charge is -2.35. The molecule has 4 rings (SSSR count). The molecule has 3 aliphatic rings. The number of carbonyl (C=O) groups is 1. The number of rotatable bonds is 4. The molecule has 3 atom stereocenters. The maximum atomic E-state index is 13.9. The van der Waals surface area contributed by atoms with E-state index in [1.54, 1.807) is 13.1 Å². The first-order valence-electron chi connectivity index (χ1n) is 8.98. The van der Waals surface area contributed by atoms with E-state index >= 15 is 0 Å². The van der Waals surface area contributed by atoms with E-state index in [1.165, 1.54) is 10.9 Å². The van der Waals surface area contributed by atoms with E-state index in [-0.39, 0.29) is 16.9 Å². The van der Waals surface area contributed by atoms with Crippen LogP contribution in [0.2, 0.25) is 5.15 Å². The molecule has 134 valence electrons. The zero-order chi connectivity index (χ0) is 17.8. The molecule has 1 saturated carbocycles. The van der Waals surface area contributed by atoms with Crippen LogP contribution in [-0.4, -0.2) is 21.4 Å². The van der Waals surface area contributed by atoms with E-state index in [4.69, 9.17) is 16.3 Å². The van der Waals surface area contributed by atoms with Gasteiger partial charge in [0.1, 0.15) is 22.1 Å². The Morgan fingerprint density at radius 1 is 1.52 bits per heavy atom. The molecular formula is C19H22ClFN2O2. The first kappa shape index (κ1) is 16.8. The highest BCUT2D eigenvalue weighted by molar-refractivity contribution is 6.32. The van der Waals surface area contributed by atoms with Crippen molar-refractivity contribution in [3.63, 3.8) is 0 Å². The topological polar surface area (TPSA) is 44.1 Å². The van der Waals surface area contributed by atoms with Gasteiger partial charge in [-0.1, -0.05) is 24.9 Å². The van der Waals surface area contributed by atoms with Crippen LogP contribution in [0.5, 0.6) is 0 Å². The van der Waals surface area contributed by atoms with E-state index < -0.39 is 11.6 Å². The smallest absolute Gasteiger partial charge is 0.343 e. The number of aryl methyl sites for hydroxylation is 1. The number of esters is 1. The van der Waals surface area contributed by atoms with E-state index in [2.05, 4.69) is 12.0 Å². The van der Waals surface area contributed by atoms with Crippen LogP contribution >= 0.6 is 11.6 Å². The number of ether oxygens (including phenoxy) is 1. The Morgan fingerprint density at radius 3 is 3.00 bits per heavy atom. The van der Waals surface area contributed by atoms with Crippen LogP contribution in [0.15, 0.2) is 29.2 Å². The van der Waals surface area contributed by atoms with Crippen molar-refractivity contribution in [3.05, 3.63) is 40.0 Å². The number of nitrogens with zero attached hydrogens (tertiary/aromatic N) is 2. The maximum absolute atomic E-state index is 13.9. The van der Waals surface area contributed by atoms with Gasteiger partial charge in [-0.2, -0.15) is 5.10 Å². The largest absolute Gasteiger partial charge is 0.450 e. The Labute approximate surface area is 151 Å². The van der Waals surface area contributed by atoms with E-state index in [1.807, 2.05) is 0 Å². The molecule has 0 saturated heterocycles. The summed E-state index contributed by atoms with van der Waals surface area (Å²) in [7, 11) is 1.69. The quantitative estimate of drug-likeness (QED) is 0.724. The molecule has 0 spiro atoms. The summed E-state index contributed by atoms with van der Waals surface area (Å²) in [4.78, 5) is 12.8. The maximum Gasteiger partial charge on any atom is 0.343 e. The molecule has 0 aliphatic heterocycles. The van der Waals surface area contributed by atoms with Crippen LogP contribution in [0.25, 0.3) is 0 Å². The van der Waals surface area contributed by atoms with E-state index in [0.29, 0.717) is 24.3 Å². The fourth-order valence-electron chi connectivity index (χ4n) is 5.05. The molecule has 0 radical (unpaired) electrons. The van der Waals surface area contributed by atoms with Crippen LogP contribution in [0.1, 0.15) is 55.8 Å². The third kappa shape index (κ3) is 2.39. The van der Waals surface area contributed by atoms with Crippen molar-refractivity contribution >= 4 is 17.6 Å². The van der Waals surface area contributed by atoms with Crippen molar-refractivity contribution in [2.45, 2.75) is 51.0 Å². The van der Waals surface area contributed by atoms with Gasteiger partial charge in [-0.3, -0.25) is 4.68 Å². The standard InChI is InChI=1S/C19H22ClFN2O2/c1-3-4-15-12-7-8-19(15,16-6-5-11(21)9-13(12)16)25-18(24)14-10-22-23(2)17(14)20/h9-10,12,15H,3-8H2,1-2H3. The third-order valence-corrected chi connectivity index (χ3v) is 6.51. The highest BCUT2D eigenvalue weighted by Crippen LogP contribution is 2.62. The van der Waals surface area contributed by atoms with Crippen LogP contribution in [0.4, 0.5) is 4.39 Å². The molecule has 25 heavy (non-hydrogen) atoms. The Morgan fingerprint density at radius 2 is 2.32 bits per heavy atom. The minimum absolute atomic E-state index is 0.0571. The predicted molar refractivity (Wildman–Crippen MR) is 92.9 cm³/mol.